The number of carbonyl (C=O) groups is 1. The lowest BCUT2D eigenvalue weighted by molar-refractivity contribution is -0.111. The Morgan fingerprint density at radius 1 is 1.47 bits per heavy atom. The van der Waals surface area contributed by atoms with Crippen LogP contribution >= 0.6 is 15.9 Å². The minimum absolute atomic E-state index is 0.185. The van der Waals surface area contributed by atoms with Crippen molar-refractivity contribution >= 4 is 33.7 Å². The predicted octanol–water partition coefficient (Wildman–Crippen LogP) is 3.39. The molecule has 0 saturated carbocycles. The number of aryl methyl sites for hydroxylation is 1. The van der Waals surface area contributed by atoms with Crippen molar-refractivity contribution in [2.45, 2.75) is 13.3 Å². The van der Waals surface area contributed by atoms with Gasteiger partial charge in [0.25, 0.3) is 0 Å². The standard InChI is InChI=1S/C14H14BrN3O/c1-2-10-9-16-18-14(10)17-13(19)8-7-11-5-3-4-6-12(11)15/h3-9H,2H2,1H3,(H2,16,17,18,19)/b8-7+. The minimum Gasteiger partial charge on any atom is -0.307 e. The second kappa shape index (κ2) is 6.33. The number of benzene rings is 1. The van der Waals surface area contributed by atoms with Gasteiger partial charge in [-0.25, -0.2) is 0 Å². The summed E-state index contributed by atoms with van der Waals surface area (Å²) in [5.74, 6) is 0.471. The molecular formula is C14H14BrN3O. The topological polar surface area (TPSA) is 57.8 Å². The average molecular weight is 320 g/mol. The molecule has 2 aromatic rings. The normalized spacial score (nSPS) is 10.8. The van der Waals surface area contributed by atoms with Crippen LogP contribution in [0.5, 0.6) is 0 Å². The number of rotatable bonds is 4. The van der Waals surface area contributed by atoms with E-state index in [9.17, 15) is 4.79 Å². The van der Waals surface area contributed by atoms with Gasteiger partial charge in [0.2, 0.25) is 5.91 Å². The number of carbonyl (C=O) groups excluding carboxylic acids is 1. The smallest absolute Gasteiger partial charge is 0.249 e. The number of amides is 1. The number of aromatic nitrogens is 2. The molecule has 0 atom stereocenters. The van der Waals surface area contributed by atoms with E-state index in [1.165, 1.54) is 6.08 Å². The Hall–Kier alpha value is -1.88. The first-order valence-corrected chi connectivity index (χ1v) is 6.76. The zero-order chi connectivity index (χ0) is 13.7. The Balaban J connectivity index is 2.04. The van der Waals surface area contributed by atoms with E-state index in [1.807, 2.05) is 31.2 Å². The van der Waals surface area contributed by atoms with E-state index in [0.717, 1.165) is 22.0 Å². The maximum Gasteiger partial charge on any atom is 0.249 e. The van der Waals surface area contributed by atoms with Crippen LogP contribution in [-0.2, 0) is 11.2 Å². The van der Waals surface area contributed by atoms with Crippen LogP contribution in [0, 0.1) is 0 Å². The van der Waals surface area contributed by atoms with Gasteiger partial charge in [-0.3, -0.25) is 9.89 Å². The molecule has 1 aromatic carbocycles. The van der Waals surface area contributed by atoms with E-state index in [1.54, 1.807) is 12.3 Å². The van der Waals surface area contributed by atoms with Crippen molar-refractivity contribution in [3.63, 3.8) is 0 Å². The van der Waals surface area contributed by atoms with Crippen molar-refractivity contribution in [3.8, 4) is 0 Å². The fraction of sp³-hybridized carbons (Fsp3) is 0.143. The molecule has 1 aromatic heterocycles. The number of H-pyrrole nitrogens is 1. The maximum absolute atomic E-state index is 11.8. The predicted molar refractivity (Wildman–Crippen MR) is 79.8 cm³/mol. The van der Waals surface area contributed by atoms with Gasteiger partial charge < -0.3 is 5.32 Å². The Morgan fingerprint density at radius 2 is 2.26 bits per heavy atom. The number of nitrogens with zero attached hydrogens (tertiary/aromatic N) is 1. The van der Waals surface area contributed by atoms with Gasteiger partial charge in [-0.2, -0.15) is 5.10 Å². The van der Waals surface area contributed by atoms with Crippen LogP contribution in [0.1, 0.15) is 18.1 Å². The van der Waals surface area contributed by atoms with Gasteiger partial charge in [0.1, 0.15) is 5.82 Å². The largest absolute Gasteiger partial charge is 0.307 e. The molecule has 0 aliphatic heterocycles. The summed E-state index contributed by atoms with van der Waals surface area (Å²) in [6.07, 6.45) is 5.80. The molecule has 0 spiro atoms. The molecule has 1 heterocycles. The van der Waals surface area contributed by atoms with Gasteiger partial charge in [-0.1, -0.05) is 41.1 Å². The van der Waals surface area contributed by atoms with Crippen molar-refractivity contribution in [2.75, 3.05) is 5.32 Å². The van der Waals surface area contributed by atoms with Crippen LogP contribution in [0.2, 0.25) is 0 Å². The van der Waals surface area contributed by atoms with Crippen molar-refractivity contribution in [1.29, 1.82) is 0 Å². The highest BCUT2D eigenvalue weighted by atomic mass is 79.9. The summed E-state index contributed by atoms with van der Waals surface area (Å²) in [4.78, 5) is 11.8. The number of anilines is 1. The molecule has 0 aliphatic carbocycles. The molecule has 1 amide bonds. The van der Waals surface area contributed by atoms with Crippen molar-refractivity contribution in [3.05, 3.63) is 52.1 Å². The van der Waals surface area contributed by atoms with Crippen LogP contribution in [-0.4, -0.2) is 16.1 Å². The van der Waals surface area contributed by atoms with E-state index in [-0.39, 0.29) is 5.91 Å². The number of hydrogen-bond acceptors (Lipinski definition) is 2. The Morgan fingerprint density at radius 3 is 3.00 bits per heavy atom. The lowest BCUT2D eigenvalue weighted by Gasteiger charge is -2.01. The van der Waals surface area contributed by atoms with Gasteiger partial charge in [0.05, 0.1) is 6.20 Å². The quantitative estimate of drug-likeness (QED) is 0.849. The highest BCUT2D eigenvalue weighted by Crippen LogP contribution is 2.17. The van der Waals surface area contributed by atoms with E-state index in [4.69, 9.17) is 0 Å². The first-order chi connectivity index (χ1) is 9.20. The van der Waals surface area contributed by atoms with Crippen LogP contribution < -0.4 is 5.32 Å². The Labute approximate surface area is 120 Å². The van der Waals surface area contributed by atoms with E-state index in [0.29, 0.717) is 5.82 Å². The van der Waals surface area contributed by atoms with Crippen LogP contribution in [0.4, 0.5) is 5.82 Å². The van der Waals surface area contributed by atoms with Crippen LogP contribution in [0.25, 0.3) is 6.08 Å². The molecule has 98 valence electrons. The van der Waals surface area contributed by atoms with Crippen molar-refractivity contribution in [2.24, 2.45) is 0 Å². The molecule has 19 heavy (non-hydrogen) atoms. The van der Waals surface area contributed by atoms with E-state index in [2.05, 4.69) is 31.4 Å². The van der Waals surface area contributed by atoms with Gasteiger partial charge in [-0.15, -0.1) is 0 Å². The van der Waals surface area contributed by atoms with Crippen molar-refractivity contribution in [1.82, 2.24) is 10.2 Å². The molecule has 0 bridgehead atoms. The molecule has 0 radical (unpaired) electrons. The highest BCUT2D eigenvalue weighted by molar-refractivity contribution is 9.10. The molecule has 0 saturated heterocycles. The monoisotopic (exact) mass is 319 g/mol. The third-order valence-corrected chi connectivity index (χ3v) is 3.39. The summed E-state index contributed by atoms with van der Waals surface area (Å²) in [5.41, 5.74) is 1.95. The lowest BCUT2D eigenvalue weighted by atomic mass is 10.2. The summed E-state index contributed by atoms with van der Waals surface area (Å²) in [5, 5.41) is 9.45. The summed E-state index contributed by atoms with van der Waals surface area (Å²) >= 11 is 3.43. The SMILES string of the molecule is CCc1cn[nH]c1NC(=O)/C=C/c1ccccc1Br. The first-order valence-electron chi connectivity index (χ1n) is 5.96. The second-order valence-electron chi connectivity index (χ2n) is 3.97. The third-order valence-electron chi connectivity index (χ3n) is 2.67. The fourth-order valence-electron chi connectivity index (χ4n) is 1.63. The van der Waals surface area contributed by atoms with Crippen LogP contribution in [0.3, 0.4) is 0 Å². The number of nitrogens with one attached hydrogen (secondary N) is 2. The Bertz CT molecular complexity index is 604. The average Bonchev–Trinajstić information content (AvgIpc) is 2.85. The van der Waals surface area contributed by atoms with Gasteiger partial charge >= 0.3 is 0 Å². The zero-order valence-electron chi connectivity index (χ0n) is 10.5. The number of aromatic amines is 1. The molecule has 0 aliphatic rings. The molecule has 4 nitrogen and oxygen atoms in total. The Kier molecular flexibility index (Phi) is 4.52. The number of hydrogen-bond donors (Lipinski definition) is 2. The van der Waals surface area contributed by atoms with Gasteiger partial charge in [0, 0.05) is 16.1 Å². The summed E-state index contributed by atoms with van der Waals surface area (Å²) in [7, 11) is 0. The molecular weight excluding hydrogens is 306 g/mol. The highest BCUT2D eigenvalue weighted by Gasteiger charge is 2.05. The van der Waals surface area contributed by atoms with Gasteiger partial charge in [-0.05, 0) is 24.1 Å². The summed E-state index contributed by atoms with van der Waals surface area (Å²) in [6, 6.07) is 7.72. The second-order valence-corrected chi connectivity index (χ2v) is 4.82. The number of halogens is 1. The maximum atomic E-state index is 11.8. The van der Waals surface area contributed by atoms with E-state index < -0.39 is 0 Å². The summed E-state index contributed by atoms with van der Waals surface area (Å²) in [6.45, 7) is 2.01. The van der Waals surface area contributed by atoms with Gasteiger partial charge in [0.15, 0.2) is 0 Å². The van der Waals surface area contributed by atoms with Crippen LogP contribution in [0.15, 0.2) is 41.0 Å². The molecule has 2 N–H and O–H groups in total. The molecule has 0 unspecified atom stereocenters. The first kappa shape index (κ1) is 13.5. The summed E-state index contributed by atoms with van der Waals surface area (Å²) < 4.78 is 0.954. The minimum atomic E-state index is -0.185. The fourth-order valence-corrected chi connectivity index (χ4v) is 2.04. The molecule has 5 heteroatoms. The third kappa shape index (κ3) is 3.54. The lowest BCUT2D eigenvalue weighted by Crippen LogP contribution is -2.09. The van der Waals surface area contributed by atoms with Crippen molar-refractivity contribution < 1.29 is 4.79 Å². The van der Waals surface area contributed by atoms with E-state index >= 15 is 0 Å². The molecule has 0 fully saturated rings. The zero-order valence-corrected chi connectivity index (χ0v) is 12.1. The molecule has 2 rings (SSSR count).